The summed E-state index contributed by atoms with van der Waals surface area (Å²) >= 11 is 0. The van der Waals surface area contributed by atoms with Gasteiger partial charge in [0.1, 0.15) is 6.04 Å². The molecule has 1 aliphatic carbocycles. The maximum absolute atomic E-state index is 13.6. The van der Waals surface area contributed by atoms with E-state index >= 15 is 0 Å². The first-order valence-corrected chi connectivity index (χ1v) is 13.8. The minimum absolute atomic E-state index is 0.201. The fourth-order valence-corrected chi connectivity index (χ4v) is 8.55. The van der Waals surface area contributed by atoms with Crippen molar-refractivity contribution in [1.82, 2.24) is 20.1 Å². The fraction of sp³-hybridized carbons (Fsp3) is 0.955. The lowest BCUT2D eigenvalue weighted by Gasteiger charge is -2.42. The molecule has 3 saturated heterocycles. The molecule has 7 nitrogen and oxygen atoms in total. The first-order chi connectivity index (χ1) is 15.5. The molecule has 4 fully saturated rings. The molecule has 4 unspecified atom stereocenters. The number of amides is 1. The molecule has 190 valence electrons. The first kappa shape index (κ1) is 25.2. The molecule has 33 heavy (non-hydrogen) atoms. The van der Waals surface area contributed by atoms with Gasteiger partial charge in [0.2, 0.25) is 15.9 Å². The molecular formula is C22H37F3N4O3S. The predicted octanol–water partition coefficient (Wildman–Crippen LogP) is 2.50. The average Bonchev–Trinajstić information content (AvgIpc) is 3.18. The van der Waals surface area contributed by atoms with E-state index in [0.717, 1.165) is 44.9 Å². The van der Waals surface area contributed by atoms with Gasteiger partial charge in [-0.15, -0.1) is 0 Å². The Bertz CT molecular complexity index is 808. The number of hydrazine groups is 1. The highest BCUT2D eigenvalue weighted by molar-refractivity contribution is 7.89. The van der Waals surface area contributed by atoms with Gasteiger partial charge in [-0.3, -0.25) is 4.79 Å². The van der Waals surface area contributed by atoms with Crippen molar-refractivity contribution >= 4 is 15.9 Å². The van der Waals surface area contributed by atoms with Gasteiger partial charge in [-0.05, 0) is 69.1 Å². The van der Waals surface area contributed by atoms with E-state index in [9.17, 15) is 26.4 Å². The zero-order valence-electron chi connectivity index (χ0n) is 19.5. The molecule has 0 spiro atoms. The number of hydrogen-bond donors (Lipinski definition) is 2. The van der Waals surface area contributed by atoms with Crippen LogP contribution < -0.4 is 10.7 Å². The number of rotatable bonds is 4. The highest BCUT2D eigenvalue weighted by Gasteiger charge is 2.58. The van der Waals surface area contributed by atoms with Gasteiger partial charge in [-0.1, -0.05) is 6.92 Å². The van der Waals surface area contributed by atoms with E-state index in [-0.39, 0.29) is 17.1 Å². The summed E-state index contributed by atoms with van der Waals surface area (Å²) in [6.07, 6.45) is 1.64. The molecule has 1 saturated carbocycles. The van der Waals surface area contributed by atoms with Crippen LogP contribution in [0, 0.1) is 23.7 Å². The Morgan fingerprint density at radius 3 is 2.15 bits per heavy atom. The van der Waals surface area contributed by atoms with Gasteiger partial charge in [0, 0.05) is 32.7 Å². The Hall–Kier alpha value is -0.910. The van der Waals surface area contributed by atoms with Crippen molar-refractivity contribution in [2.75, 3.05) is 26.7 Å². The Balaban J connectivity index is 1.37. The van der Waals surface area contributed by atoms with E-state index in [1.807, 2.05) is 0 Å². The number of sulfonamides is 1. The third-order valence-corrected chi connectivity index (χ3v) is 11.0. The third-order valence-electron chi connectivity index (χ3n) is 8.57. The summed E-state index contributed by atoms with van der Waals surface area (Å²) in [5.41, 5.74) is 2.55. The Morgan fingerprint density at radius 2 is 1.58 bits per heavy atom. The molecular weight excluding hydrogens is 457 g/mol. The zero-order chi connectivity index (χ0) is 24.0. The molecule has 0 radical (unpaired) electrons. The summed E-state index contributed by atoms with van der Waals surface area (Å²) < 4.78 is 68.7. The molecule has 2 N–H and O–H groups in total. The second kappa shape index (κ2) is 9.62. The number of nitrogens with zero attached hydrogens (tertiary/aromatic N) is 2. The topological polar surface area (TPSA) is 81.8 Å². The fourth-order valence-electron chi connectivity index (χ4n) is 6.55. The largest absolute Gasteiger partial charge is 0.406 e. The molecule has 1 amide bonds. The molecule has 3 aliphatic heterocycles. The van der Waals surface area contributed by atoms with E-state index in [1.54, 1.807) is 9.31 Å². The smallest absolute Gasteiger partial charge is 0.359 e. The number of fused-ring (bicyclic) bond motifs is 1. The zero-order valence-corrected chi connectivity index (χ0v) is 20.3. The maximum Gasteiger partial charge on any atom is 0.406 e. The summed E-state index contributed by atoms with van der Waals surface area (Å²) in [4.78, 5) is 12.4. The van der Waals surface area contributed by atoms with Gasteiger partial charge >= 0.3 is 6.18 Å². The van der Waals surface area contributed by atoms with Crippen molar-refractivity contribution in [3.63, 3.8) is 0 Å². The van der Waals surface area contributed by atoms with Crippen LogP contribution in [-0.4, -0.2) is 73.8 Å². The number of carbonyl (C=O) groups is 1. The van der Waals surface area contributed by atoms with Crippen LogP contribution in [0.4, 0.5) is 13.2 Å². The molecule has 0 bridgehead atoms. The lowest BCUT2D eigenvalue weighted by Crippen LogP contribution is -2.50. The third kappa shape index (κ3) is 5.06. The number of alkyl halides is 3. The lowest BCUT2D eigenvalue weighted by molar-refractivity contribution is -0.169. The number of piperidine rings is 2. The predicted molar refractivity (Wildman–Crippen MR) is 118 cm³/mol. The molecule has 0 aromatic carbocycles. The SMILES string of the molecule is CNC(=O)C1C2CC(C3CCN(S(=O)(=O)C4CCC(C)CC4)CC3)CCN2NC1C(F)(F)F. The number of halogens is 3. The quantitative estimate of drug-likeness (QED) is 0.628. The Morgan fingerprint density at radius 1 is 0.970 bits per heavy atom. The van der Waals surface area contributed by atoms with Crippen LogP contribution in [0.15, 0.2) is 0 Å². The van der Waals surface area contributed by atoms with Crippen LogP contribution in [0.5, 0.6) is 0 Å². The van der Waals surface area contributed by atoms with Crippen molar-refractivity contribution in [3.05, 3.63) is 0 Å². The van der Waals surface area contributed by atoms with E-state index in [0.29, 0.717) is 32.0 Å². The van der Waals surface area contributed by atoms with E-state index < -0.39 is 40.1 Å². The van der Waals surface area contributed by atoms with Crippen LogP contribution in [0.1, 0.15) is 58.3 Å². The standard InChI is InChI=1S/C22H37F3N4O3S/c1-14-3-5-17(6-4-14)33(31,32)28-10-7-15(8-11-28)16-9-12-29-18(13-16)19(21(30)26-2)20(27-29)22(23,24)25/h14-20,27H,3-13H2,1-2H3,(H,26,30). The van der Waals surface area contributed by atoms with Gasteiger partial charge in [-0.25, -0.2) is 23.2 Å². The lowest BCUT2D eigenvalue weighted by atomic mass is 9.74. The summed E-state index contributed by atoms with van der Waals surface area (Å²) in [5, 5.41) is 3.75. The van der Waals surface area contributed by atoms with Crippen LogP contribution in [0.2, 0.25) is 0 Å². The number of hydrogen-bond acceptors (Lipinski definition) is 5. The van der Waals surface area contributed by atoms with Crippen LogP contribution in [-0.2, 0) is 14.8 Å². The number of nitrogens with one attached hydrogen (secondary N) is 2. The molecule has 0 aromatic rings. The molecule has 0 aromatic heterocycles. The molecule has 11 heteroatoms. The first-order valence-electron chi connectivity index (χ1n) is 12.3. The summed E-state index contributed by atoms with van der Waals surface area (Å²) in [5.74, 6) is -0.686. The van der Waals surface area contributed by atoms with Gasteiger partial charge in [0.15, 0.2) is 0 Å². The molecule has 4 rings (SSSR count). The normalized spacial score (nSPS) is 37.6. The van der Waals surface area contributed by atoms with Crippen molar-refractivity contribution in [3.8, 4) is 0 Å². The molecule has 4 atom stereocenters. The van der Waals surface area contributed by atoms with Crippen molar-refractivity contribution < 1.29 is 26.4 Å². The average molecular weight is 495 g/mol. The van der Waals surface area contributed by atoms with E-state index in [1.165, 1.54) is 7.05 Å². The summed E-state index contributed by atoms with van der Waals surface area (Å²) in [6, 6.07) is -2.37. The second-order valence-electron chi connectivity index (χ2n) is 10.5. The highest BCUT2D eigenvalue weighted by Crippen LogP contribution is 2.43. The van der Waals surface area contributed by atoms with Gasteiger partial charge in [0.05, 0.1) is 11.2 Å². The van der Waals surface area contributed by atoms with Crippen molar-refractivity contribution in [2.45, 2.75) is 81.8 Å². The van der Waals surface area contributed by atoms with Gasteiger partial charge in [0.25, 0.3) is 0 Å². The van der Waals surface area contributed by atoms with Gasteiger partial charge in [-0.2, -0.15) is 13.2 Å². The van der Waals surface area contributed by atoms with E-state index in [4.69, 9.17) is 0 Å². The van der Waals surface area contributed by atoms with Gasteiger partial charge < -0.3 is 5.32 Å². The molecule has 4 aliphatic rings. The Kier molecular flexibility index (Phi) is 7.34. The van der Waals surface area contributed by atoms with Crippen molar-refractivity contribution in [2.24, 2.45) is 23.7 Å². The van der Waals surface area contributed by atoms with Crippen LogP contribution in [0.3, 0.4) is 0 Å². The molecule has 3 heterocycles. The van der Waals surface area contributed by atoms with E-state index in [2.05, 4.69) is 17.7 Å². The summed E-state index contributed by atoms with van der Waals surface area (Å²) in [6.45, 7) is 3.62. The van der Waals surface area contributed by atoms with Crippen LogP contribution in [0.25, 0.3) is 0 Å². The maximum atomic E-state index is 13.6. The Labute approximate surface area is 194 Å². The minimum atomic E-state index is -4.50. The highest BCUT2D eigenvalue weighted by atomic mass is 32.2. The second-order valence-corrected chi connectivity index (χ2v) is 12.7. The summed E-state index contributed by atoms with van der Waals surface area (Å²) in [7, 11) is -1.91. The monoisotopic (exact) mass is 494 g/mol. The minimum Gasteiger partial charge on any atom is -0.359 e. The van der Waals surface area contributed by atoms with Crippen molar-refractivity contribution in [1.29, 1.82) is 0 Å². The number of carbonyl (C=O) groups excluding carboxylic acids is 1. The van der Waals surface area contributed by atoms with Crippen LogP contribution >= 0.6 is 0 Å².